The molecule has 1 fully saturated rings. The molecule has 12 nitrogen and oxygen atoms in total. The number of allylic oxidation sites excluding steroid dienone is 2. The number of carboxylic acids is 1. The van der Waals surface area contributed by atoms with Gasteiger partial charge in [0.25, 0.3) is 0 Å². The number of carbonyl (C=O) groups excluding carboxylic acids is 3. The summed E-state index contributed by atoms with van der Waals surface area (Å²) in [6.45, 7) is 0. The van der Waals surface area contributed by atoms with E-state index in [1.807, 2.05) is 0 Å². The first-order valence-corrected chi connectivity index (χ1v) is 11.4. The monoisotopic (exact) mass is 591 g/mol. The van der Waals surface area contributed by atoms with E-state index >= 15 is 0 Å². The average Bonchev–Trinajstić information content (AvgIpc) is 2.92. The van der Waals surface area contributed by atoms with Crippen molar-refractivity contribution < 1.29 is 122 Å². The zero-order valence-electron chi connectivity index (χ0n) is 25.4. The third-order valence-electron chi connectivity index (χ3n) is 5.58. The van der Waals surface area contributed by atoms with Gasteiger partial charge < -0.3 is 49.3 Å². The van der Waals surface area contributed by atoms with Gasteiger partial charge in [0.2, 0.25) is 6.29 Å². The fourth-order valence-corrected chi connectivity index (χ4v) is 3.53. The Morgan fingerprint density at radius 2 is 1.49 bits per heavy atom. The van der Waals surface area contributed by atoms with E-state index in [1.54, 1.807) is 0 Å². The van der Waals surface area contributed by atoms with Gasteiger partial charge in [-0.3, -0.25) is 9.59 Å². The predicted octanol–water partition coefficient (Wildman–Crippen LogP) is -7.02. The molecule has 0 aliphatic carbocycles. The minimum absolute atomic E-state index is 0. The van der Waals surface area contributed by atoms with Crippen LogP contribution in [0.25, 0.3) is 12.2 Å². The van der Waals surface area contributed by atoms with Gasteiger partial charge in [0.05, 0.1) is 30.7 Å². The van der Waals surface area contributed by atoms with Gasteiger partial charge in [-0.25, -0.2) is 0 Å². The Kier molecular flexibility index (Phi) is 13.2. The standard InChI is InChI=1S/C27H28O12.2Na/c1-36-20-11-14(5-9-18(20)30)3-7-16(28)13-17(29)8-4-15-6-10-19(21(12-15)37-2)38-27-24(33)22(31)23(32)25(39-27)26(34)35;;/h3-12,22-25,27,30-33H,13H2,1-2H3,(H,34,35);;/q;2*+1/p-2/b7-3+,8-4+;;/t22-,23-,24+,25-,27+;;/m0../s1/i1D3;;. The molecule has 0 radical (unpaired) electrons. The van der Waals surface area contributed by atoms with Gasteiger partial charge in [-0.15, -0.1) is 0 Å². The quantitative estimate of drug-likeness (QED) is 0.127. The van der Waals surface area contributed by atoms with Crippen LogP contribution in [0.1, 0.15) is 21.7 Å². The maximum Gasteiger partial charge on any atom is 1.00 e. The molecule has 2 aromatic carbocycles. The molecule has 5 atom stereocenters. The maximum absolute atomic E-state index is 12.3. The molecule has 14 heteroatoms. The first-order valence-electron chi connectivity index (χ1n) is 12.9. The summed E-state index contributed by atoms with van der Waals surface area (Å²) in [5.41, 5.74) is 0.745. The number of ketones is 2. The summed E-state index contributed by atoms with van der Waals surface area (Å²) in [5, 5.41) is 52.8. The fourth-order valence-electron chi connectivity index (χ4n) is 3.53. The van der Waals surface area contributed by atoms with Crippen LogP contribution in [-0.4, -0.2) is 77.7 Å². The summed E-state index contributed by atoms with van der Waals surface area (Å²) in [5.74, 6) is -3.93. The Morgan fingerprint density at radius 3 is 2.05 bits per heavy atom. The molecular formula is C27H26Na2O12. The van der Waals surface area contributed by atoms with Crippen molar-refractivity contribution in [2.24, 2.45) is 0 Å². The predicted molar refractivity (Wildman–Crippen MR) is 130 cm³/mol. The third kappa shape index (κ3) is 9.93. The molecule has 1 heterocycles. The number of rotatable bonds is 11. The van der Waals surface area contributed by atoms with E-state index in [9.17, 15) is 39.9 Å². The number of carbonyl (C=O) groups is 3. The number of aliphatic hydroxyl groups is 3. The number of aliphatic carboxylic acids is 1. The topological polar surface area (TPSA) is 195 Å². The van der Waals surface area contributed by atoms with Gasteiger partial charge >= 0.3 is 59.1 Å². The molecule has 2 aromatic rings. The smallest absolute Gasteiger partial charge is 0.870 e. The second-order valence-electron chi connectivity index (χ2n) is 8.33. The number of hydrogen-bond acceptors (Lipinski definition) is 12. The van der Waals surface area contributed by atoms with Crippen LogP contribution in [0, 0.1) is 0 Å². The fraction of sp³-hybridized carbons (Fsp3) is 0.296. The van der Waals surface area contributed by atoms with E-state index in [0.717, 1.165) is 24.3 Å². The van der Waals surface area contributed by atoms with Crippen molar-refractivity contribution in [3.8, 4) is 23.0 Å². The molecule has 0 saturated carbocycles. The van der Waals surface area contributed by atoms with Crippen molar-refractivity contribution in [2.75, 3.05) is 14.1 Å². The molecule has 0 bridgehead atoms. The van der Waals surface area contributed by atoms with Crippen molar-refractivity contribution in [2.45, 2.75) is 37.1 Å². The summed E-state index contributed by atoms with van der Waals surface area (Å²) in [6, 6.07) is 7.86. The van der Waals surface area contributed by atoms with Crippen LogP contribution in [0.5, 0.6) is 23.0 Å². The van der Waals surface area contributed by atoms with Crippen LogP contribution in [0.4, 0.5) is 0 Å². The van der Waals surface area contributed by atoms with Crippen LogP contribution in [-0.2, 0) is 19.1 Å². The van der Waals surface area contributed by atoms with Crippen molar-refractivity contribution in [1.82, 2.24) is 0 Å². The molecule has 0 spiro atoms. The zero-order chi connectivity index (χ0) is 31.2. The van der Waals surface area contributed by atoms with Gasteiger partial charge in [-0.1, -0.05) is 36.1 Å². The summed E-state index contributed by atoms with van der Waals surface area (Å²) in [7, 11) is -1.54. The van der Waals surface area contributed by atoms with Crippen molar-refractivity contribution in [3.63, 3.8) is 0 Å². The number of aliphatic hydroxyl groups excluding tert-OH is 3. The second-order valence-corrected chi connectivity index (χ2v) is 8.33. The molecule has 1 aliphatic rings. The Hall–Kier alpha value is -2.23. The van der Waals surface area contributed by atoms with E-state index in [0.29, 0.717) is 11.1 Å². The van der Waals surface area contributed by atoms with Crippen LogP contribution < -0.4 is 83.5 Å². The van der Waals surface area contributed by atoms with Crippen LogP contribution in [0.3, 0.4) is 0 Å². The second kappa shape index (κ2) is 17.0. The van der Waals surface area contributed by atoms with E-state index in [-0.39, 0.29) is 70.6 Å². The largest absolute Gasteiger partial charge is 1.00 e. The number of benzene rings is 2. The summed E-state index contributed by atoms with van der Waals surface area (Å²) < 4.78 is 41.7. The maximum atomic E-state index is 12.3. The average molecular weight is 591 g/mol. The number of hydrogen-bond donors (Lipinski definition) is 3. The number of carboxylic acid groups (broad SMARTS) is 1. The summed E-state index contributed by atoms with van der Waals surface area (Å²) in [6.07, 6.45) is -4.86. The van der Waals surface area contributed by atoms with Gasteiger partial charge in [0, 0.05) is 0 Å². The van der Waals surface area contributed by atoms with Gasteiger partial charge in [-0.05, 0) is 41.5 Å². The molecule has 1 aliphatic heterocycles. The summed E-state index contributed by atoms with van der Waals surface area (Å²) >= 11 is 0. The Morgan fingerprint density at radius 1 is 0.902 bits per heavy atom. The minimum Gasteiger partial charge on any atom is -0.870 e. The molecule has 208 valence electrons. The Bertz CT molecular complexity index is 1380. The molecule has 0 amide bonds. The Labute approximate surface area is 284 Å². The van der Waals surface area contributed by atoms with Gasteiger partial charge in [0.15, 0.2) is 23.1 Å². The van der Waals surface area contributed by atoms with Crippen molar-refractivity contribution in [1.29, 1.82) is 0 Å². The van der Waals surface area contributed by atoms with Crippen LogP contribution in [0.2, 0.25) is 0 Å². The molecule has 41 heavy (non-hydrogen) atoms. The SMILES string of the molecule is [2H]C([2H])([2H])Oc1cc(/C=C/C(=O)CC(=O)/C=C/c2ccc(O[C@@H]3O[C@H](C(=O)[O-])[C@@H](O)[C@H](O)[C@H]3O)c(OC)c2)ccc1[O-].[Na+].[Na+]. The number of ether oxygens (including phenoxy) is 4. The molecule has 1 saturated heterocycles. The van der Waals surface area contributed by atoms with Gasteiger partial charge in [-0.2, -0.15) is 0 Å². The van der Waals surface area contributed by atoms with E-state index in [4.69, 9.17) is 18.3 Å². The van der Waals surface area contributed by atoms with Crippen LogP contribution in [0.15, 0.2) is 48.6 Å². The normalized spacial score (nSPS) is 23.3. The molecule has 0 aromatic heterocycles. The first kappa shape index (κ1) is 31.7. The van der Waals surface area contributed by atoms with E-state index in [1.165, 1.54) is 43.5 Å². The molecule has 3 rings (SSSR count). The summed E-state index contributed by atoms with van der Waals surface area (Å²) in [4.78, 5) is 35.7. The first-order chi connectivity index (χ1) is 19.7. The number of methoxy groups -OCH3 is 2. The molecular weight excluding hydrogens is 562 g/mol. The molecule has 0 unspecified atom stereocenters. The van der Waals surface area contributed by atoms with E-state index in [2.05, 4.69) is 4.74 Å². The van der Waals surface area contributed by atoms with Crippen molar-refractivity contribution >= 4 is 29.7 Å². The van der Waals surface area contributed by atoms with E-state index < -0.39 is 73.2 Å². The minimum atomic E-state index is -2.82. The van der Waals surface area contributed by atoms with Crippen LogP contribution >= 0.6 is 0 Å². The molecule has 3 N–H and O–H groups in total. The van der Waals surface area contributed by atoms with Gasteiger partial charge in [0.1, 0.15) is 30.2 Å². The third-order valence-corrected chi connectivity index (χ3v) is 5.58. The zero-order valence-corrected chi connectivity index (χ0v) is 26.4. The van der Waals surface area contributed by atoms with Crippen molar-refractivity contribution in [3.05, 3.63) is 59.7 Å². The Balaban J connectivity index is 0.00000484.